The van der Waals surface area contributed by atoms with E-state index in [-0.39, 0.29) is 6.04 Å². The number of ether oxygens (including phenoxy) is 1. The number of aromatic nitrogens is 1. The van der Waals surface area contributed by atoms with Gasteiger partial charge in [0.05, 0.1) is 28.7 Å². The van der Waals surface area contributed by atoms with Crippen LogP contribution in [0.4, 0.5) is 11.4 Å². The third-order valence-corrected chi connectivity index (χ3v) is 2.49. The van der Waals surface area contributed by atoms with Crippen molar-refractivity contribution in [3.8, 4) is 0 Å². The van der Waals surface area contributed by atoms with Crippen LogP contribution in [0.15, 0.2) is 16.9 Å². The second-order valence-corrected chi connectivity index (χ2v) is 4.14. The Labute approximate surface area is 98.3 Å². The first-order valence-electron chi connectivity index (χ1n) is 4.88. The molecule has 0 aliphatic rings. The van der Waals surface area contributed by atoms with Crippen LogP contribution in [0, 0.1) is 0 Å². The van der Waals surface area contributed by atoms with E-state index < -0.39 is 0 Å². The number of pyridine rings is 1. The van der Waals surface area contributed by atoms with Gasteiger partial charge in [-0.05, 0) is 29.8 Å². The van der Waals surface area contributed by atoms with E-state index >= 15 is 0 Å². The second-order valence-electron chi connectivity index (χ2n) is 3.29. The van der Waals surface area contributed by atoms with E-state index in [2.05, 4.69) is 26.2 Å². The normalized spacial score (nSPS) is 12.5. The first kappa shape index (κ1) is 12.3. The minimum atomic E-state index is 0.214. The Morgan fingerprint density at radius 2 is 2.33 bits per heavy atom. The van der Waals surface area contributed by atoms with Gasteiger partial charge in [-0.25, -0.2) is 0 Å². The van der Waals surface area contributed by atoms with Gasteiger partial charge < -0.3 is 15.8 Å². The standard InChI is InChI=1S/C10H16BrN3O/c1-3-15-6-7(2)14-10-8(11)4-13-5-9(10)12/h4-5,7H,3,6,12H2,1-2H3,(H,13,14). The summed E-state index contributed by atoms with van der Waals surface area (Å²) in [5.41, 5.74) is 7.31. The topological polar surface area (TPSA) is 60.2 Å². The van der Waals surface area contributed by atoms with Crippen LogP contribution in [-0.2, 0) is 4.74 Å². The summed E-state index contributed by atoms with van der Waals surface area (Å²) >= 11 is 3.40. The summed E-state index contributed by atoms with van der Waals surface area (Å²) in [6.45, 7) is 5.40. The molecule has 1 aromatic heterocycles. The Morgan fingerprint density at radius 1 is 1.60 bits per heavy atom. The van der Waals surface area contributed by atoms with Crippen LogP contribution in [0.1, 0.15) is 13.8 Å². The van der Waals surface area contributed by atoms with Gasteiger partial charge in [0, 0.05) is 18.8 Å². The van der Waals surface area contributed by atoms with Crippen molar-refractivity contribution in [1.82, 2.24) is 4.98 Å². The molecule has 1 aromatic rings. The first-order chi connectivity index (χ1) is 7.15. The number of rotatable bonds is 5. The molecule has 4 nitrogen and oxygen atoms in total. The molecule has 3 N–H and O–H groups in total. The lowest BCUT2D eigenvalue weighted by Gasteiger charge is -2.17. The number of anilines is 2. The lowest BCUT2D eigenvalue weighted by Crippen LogP contribution is -2.22. The Hall–Kier alpha value is -0.810. The summed E-state index contributed by atoms with van der Waals surface area (Å²) in [6.07, 6.45) is 3.34. The molecule has 0 radical (unpaired) electrons. The summed E-state index contributed by atoms with van der Waals surface area (Å²) in [5, 5.41) is 3.28. The molecule has 1 atom stereocenters. The van der Waals surface area contributed by atoms with E-state index in [0.29, 0.717) is 12.3 Å². The highest BCUT2D eigenvalue weighted by molar-refractivity contribution is 9.10. The zero-order chi connectivity index (χ0) is 11.3. The van der Waals surface area contributed by atoms with Gasteiger partial charge in [0.25, 0.3) is 0 Å². The van der Waals surface area contributed by atoms with Crippen molar-refractivity contribution in [3.05, 3.63) is 16.9 Å². The molecule has 0 saturated carbocycles. The molecule has 0 saturated heterocycles. The van der Waals surface area contributed by atoms with Crippen LogP contribution >= 0.6 is 15.9 Å². The summed E-state index contributed by atoms with van der Waals surface area (Å²) in [7, 11) is 0. The van der Waals surface area contributed by atoms with Gasteiger partial charge in [-0.2, -0.15) is 0 Å². The van der Waals surface area contributed by atoms with Gasteiger partial charge >= 0.3 is 0 Å². The molecule has 0 aliphatic carbocycles. The third kappa shape index (κ3) is 3.68. The minimum Gasteiger partial charge on any atom is -0.396 e. The number of halogens is 1. The van der Waals surface area contributed by atoms with E-state index in [0.717, 1.165) is 16.8 Å². The molecule has 1 heterocycles. The maximum atomic E-state index is 5.80. The highest BCUT2D eigenvalue weighted by atomic mass is 79.9. The SMILES string of the molecule is CCOCC(C)Nc1c(N)cncc1Br. The zero-order valence-electron chi connectivity index (χ0n) is 8.96. The van der Waals surface area contributed by atoms with E-state index in [9.17, 15) is 0 Å². The molecule has 0 spiro atoms. The van der Waals surface area contributed by atoms with Gasteiger partial charge in [0.1, 0.15) is 0 Å². The molecule has 0 amide bonds. The van der Waals surface area contributed by atoms with E-state index in [4.69, 9.17) is 10.5 Å². The number of nitrogens with zero attached hydrogens (tertiary/aromatic N) is 1. The fraction of sp³-hybridized carbons (Fsp3) is 0.500. The molecule has 0 aromatic carbocycles. The molecule has 1 rings (SSSR count). The molecule has 1 unspecified atom stereocenters. The van der Waals surface area contributed by atoms with Gasteiger partial charge in [-0.3, -0.25) is 4.98 Å². The predicted octanol–water partition coefficient (Wildman–Crippen LogP) is 2.26. The fourth-order valence-corrected chi connectivity index (χ4v) is 1.65. The number of hydrogen-bond acceptors (Lipinski definition) is 4. The highest BCUT2D eigenvalue weighted by Gasteiger charge is 2.08. The predicted molar refractivity (Wildman–Crippen MR) is 65.9 cm³/mol. The van der Waals surface area contributed by atoms with Crippen molar-refractivity contribution in [2.75, 3.05) is 24.3 Å². The van der Waals surface area contributed by atoms with Crippen LogP contribution in [0.25, 0.3) is 0 Å². The lowest BCUT2D eigenvalue weighted by atomic mass is 10.3. The Morgan fingerprint density at radius 3 is 2.93 bits per heavy atom. The smallest absolute Gasteiger partial charge is 0.0752 e. The monoisotopic (exact) mass is 273 g/mol. The van der Waals surface area contributed by atoms with Gasteiger partial charge in [0.2, 0.25) is 0 Å². The fourth-order valence-electron chi connectivity index (χ4n) is 1.18. The molecule has 5 heteroatoms. The van der Waals surface area contributed by atoms with Crippen LogP contribution in [0.2, 0.25) is 0 Å². The van der Waals surface area contributed by atoms with E-state index in [1.54, 1.807) is 12.4 Å². The van der Waals surface area contributed by atoms with Gasteiger partial charge in [-0.15, -0.1) is 0 Å². The van der Waals surface area contributed by atoms with E-state index in [1.165, 1.54) is 0 Å². The summed E-state index contributed by atoms with van der Waals surface area (Å²) in [5.74, 6) is 0. The minimum absolute atomic E-state index is 0.214. The van der Waals surface area contributed by atoms with Crippen LogP contribution in [0.5, 0.6) is 0 Å². The summed E-state index contributed by atoms with van der Waals surface area (Å²) < 4.78 is 6.18. The maximum Gasteiger partial charge on any atom is 0.0752 e. The average molecular weight is 274 g/mol. The lowest BCUT2D eigenvalue weighted by molar-refractivity contribution is 0.141. The number of nitrogens with two attached hydrogens (primary N) is 1. The van der Waals surface area contributed by atoms with Crippen molar-refractivity contribution in [3.63, 3.8) is 0 Å². The van der Waals surface area contributed by atoms with E-state index in [1.807, 2.05) is 13.8 Å². The molecular formula is C10H16BrN3O. The third-order valence-electron chi connectivity index (χ3n) is 1.89. The number of hydrogen-bond donors (Lipinski definition) is 2. The second kappa shape index (κ2) is 5.92. The van der Waals surface area contributed by atoms with Crippen LogP contribution < -0.4 is 11.1 Å². The van der Waals surface area contributed by atoms with Gasteiger partial charge in [0.15, 0.2) is 0 Å². The van der Waals surface area contributed by atoms with Crippen molar-refractivity contribution < 1.29 is 4.74 Å². The summed E-state index contributed by atoms with van der Waals surface area (Å²) in [4.78, 5) is 3.97. The Bertz CT molecular complexity index is 299. The zero-order valence-corrected chi connectivity index (χ0v) is 10.5. The number of nitrogens with one attached hydrogen (secondary N) is 1. The Balaban J connectivity index is 2.63. The largest absolute Gasteiger partial charge is 0.396 e. The first-order valence-corrected chi connectivity index (χ1v) is 5.67. The number of nitrogen functional groups attached to an aromatic ring is 1. The molecule has 0 fully saturated rings. The molecular weight excluding hydrogens is 258 g/mol. The summed E-state index contributed by atoms with van der Waals surface area (Å²) in [6, 6.07) is 0.214. The average Bonchev–Trinajstić information content (AvgIpc) is 2.21. The molecule has 0 aliphatic heterocycles. The van der Waals surface area contributed by atoms with Gasteiger partial charge in [-0.1, -0.05) is 0 Å². The van der Waals surface area contributed by atoms with Crippen LogP contribution in [-0.4, -0.2) is 24.2 Å². The molecule has 84 valence electrons. The Kier molecular flexibility index (Phi) is 4.84. The van der Waals surface area contributed by atoms with Crippen molar-refractivity contribution in [2.45, 2.75) is 19.9 Å². The molecule has 15 heavy (non-hydrogen) atoms. The maximum absolute atomic E-state index is 5.80. The van der Waals surface area contributed by atoms with Crippen molar-refractivity contribution in [2.24, 2.45) is 0 Å². The van der Waals surface area contributed by atoms with Crippen molar-refractivity contribution in [1.29, 1.82) is 0 Å². The molecule has 0 bridgehead atoms. The highest BCUT2D eigenvalue weighted by Crippen LogP contribution is 2.27. The van der Waals surface area contributed by atoms with Crippen LogP contribution in [0.3, 0.4) is 0 Å². The quantitative estimate of drug-likeness (QED) is 0.864. The van der Waals surface area contributed by atoms with Crippen molar-refractivity contribution >= 4 is 27.3 Å².